The first-order valence-electron chi connectivity index (χ1n) is 5.31. The molecule has 0 spiro atoms. The molecule has 0 fully saturated rings. The third-order valence-electron chi connectivity index (χ3n) is 3.20. The molecule has 0 radical (unpaired) electrons. The number of aromatic nitrogens is 2. The maximum absolute atomic E-state index is 11.7. The maximum Gasteiger partial charge on any atom is 0.246 e. The van der Waals surface area contributed by atoms with Crippen molar-refractivity contribution in [3.05, 3.63) is 24.4 Å². The Morgan fingerprint density at radius 1 is 1.62 bits per heavy atom. The van der Waals surface area contributed by atoms with Crippen LogP contribution in [0.1, 0.15) is 25.6 Å². The van der Waals surface area contributed by atoms with E-state index in [0.717, 1.165) is 5.69 Å². The van der Waals surface area contributed by atoms with Crippen LogP contribution in [0.5, 0.6) is 0 Å². The van der Waals surface area contributed by atoms with Crippen molar-refractivity contribution in [2.45, 2.75) is 32.5 Å². The van der Waals surface area contributed by atoms with Crippen molar-refractivity contribution in [2.75, 3.05) is 5.73 Å². The summed E-state index contributed by atoms with van der Waals surface area (Å²) in [7, 11) is 0. The molecule has 2 unspecified atom stereocenters. The summed E-state index contributed by atoms with van der Waals surface area (Å²) in [5, 5.41) is 4.23. The number of hydrogen-bond donors (Lipinski definition) is 1. The fraction of sp³-hybridized carbons (Fsp3) is 0.455. The van der Waals surface area contributed by atoms with Crippen molar-refractivity contribution in [3.63, 3.8) is 0 Å². The van der Waals surface area contributed by atoms with Gasteiger partial charge in [0.05, 0.1) is 24.3 Å². The molecular formula is C11H16N4O. The lowest BCUT2D eigenvalue weighted by Crippen LogP contribution is -2.46. The molecule has 1 aromatic heterocycles. The zero-order valence-corrected chi connectivity index (χ0v) is 9.55. The average Bonchev–Trinajstić information content (AvgIpc) is 2.63. The minimum atomic E-state index is -0.0506. The molecule has 0 saturated heterocycles. The van der Waals surface area contributed by atoms with Gasteiger partial charge in [0.25, 0.3) is 0 Å². The molecular weight excluding hydrogens is 204 g/mol. The molecule has 0 bridgehead atoms. The van der Waals surface area contributed by atoms with Gasteiger partial charge in [0, 0.05) is 6.07 Å². The molecule has 5 heteroatoms. The highest BCUT2D eigenvalue weighted by Gasteiger charge is 2.31. The van der Waals surface area contributed by atoms with E-state index in [4.69, 9.17) is 5.73 Å². The Kier molecular flexibility index (Phi) is 2.46. The van der Waals surface area contributed by atoms with E-state index < -0.39 is 0 Å². The molecule has 5 nitrogen and oxygen atoms in total. The Balaban J connectivity index is 2.38. The summed E-state index contributed by atoms with van der Waals surface area (Å²) in [6, 6.07) is 2.04. The van der Waals surface area contributed by atoms with Gasteiger partial charge in [-0.1, -0.05) is 6.58 Å². The minimum absolute atomic E-state index is 0.0506. The second-order valence-electron chi connectivity index (χ2n) is 4.16. The SMILES string of the molecule is C=CC(=O)N1Cc2cc(N)nn2C(C)C1C. The third kappa shape index (κ3) is 1.48. The smallest absolute Gasteiger partial charge is 0.246 e. The highest BCUT2D eigenvalue weighted by molar-refractivity contribution is 5.87. The summed E-state index contributed by atoms with van der Waals surface area (Å²) in [6.45, 7) is 8.10. The Hall–Kier alpha value is -1.78. The van der Waals surface area contributed by atoms with E-state index in [2.05, 4.69) is 11.7 Å². The Morgan fingerprint density at radius 2 is 2.31 bits per heavy atom. The van der Waals surface area contributed by atoms with E-state index in [-0.39, 0.29) is 18.0 Å². The Morgan fingerprint density at radius 3 is 2.94 bits per heavy atom. The molecule has 1 aromatic rings. The highest BCUT2D eigenvalue weighted by atomic mass is 16.2. The summed E-state index contributed by atoms with van der Waals surface area (Å²) in [4.78, 5) is 13.5. The number of nitrogen functional groups attached to an aromatic ring is 1. The molecule has 2 heterocycles. The van der Waals surface area contributed by atoms with Crippen molar-refractivity contribution in [2.24, 2.45) is 0 Å². The maximum atomic E-state index is 11.7. The fourth-order valence-corrected chi connectivity index (χ4v) is 2.10. The predicted octanol–water partition coefficient (Wildman–Crippen LogP) is 0.943. The number of carbonyl (C=O) groups is 1. The number of hydrogen-bond acceptors (Lipinski definition) is 3. The van der Waals surface area contributed by atoms with Gasteiger partial charge in [0.1, 0.15) is 5.82 Å². The van der Waals surface area contributed by atoms with Crippen LogP contribution in [0.4, 0.5) is 5.82 Å². The minimum Gasteiger partial charge on any atom is -0.382 e. The van der Waals surface area contributed by atoms with Gasteiger partial charge in [-0.05, 0) is 19.9 Å². The largest absolute Gasteiger partial charge is 0.382 e. The number of nitrogens with zero attached hydrogens (tertiary/aromatic N) is 3. The first-order chi connectivity index (χ1) is 7.54. The molecule has 0 saturated carbocycles. The fourth-order valence-electron chi connectivity index (χ4n) is 2.10. The van der Waals surface area contributed by atoms with Crippen LogP contribution in [0.3, 0.4) is 0 Å². The van der Waals surface area contributed by atoms with Crippen LogP contribution in [0.25, 0.3) is 0 Å². The molecule has 2 N–H and O–H groups in total. The van der Waals surface area contributed by atoms with Gasteiger partial charge in [-0.25, -0.2) is 0 Å². The molecule has 86 valence electrons. The van der Waals surface area contributed by atoms with Gasteiger partial charge < -0.3 is 10.6 Å². The lowest BCUT2D eigenvalue weighted by atomic mass is 10.1. The van der Waals surface area contributed by atoms with E-state index in [1.807, 2.05) is 24.6 Å². The van der Waals surface area contributed by atoms with Crippen LogP contribution in [-0.4, -0.2) is 26.6 Å². The number of fused-ring (bicyclic) bond motifs is 1. The summed E-state index contributed by atoms with van der Waals surface area (Å²) in [6.07, 6.45) is 1.35. The predicted molar refractivity (Wildman–Crippen MR) is 61.6 cm³/mol. The van der Waals surface area contributed by atoms with Gasteiger partial charge in [-0.2, -0.15) is 5.10 Å². The normalized spacial score (nSPS) is 24.0. The van der Waals surface area contributed by atoms with Crippen molar-refractivity contribution in [1.29, 1.82) is 0 Å². The first-order valence-corrected chi connectivity index (χ1v) is 5.31. The second-order valence-corrected chi connectivity index (χ2v) is 4.16. The number of amides is 1. The van der Waals surface area contributed by atoms with Crippen LogP contribution in [0.2, 0.25) is 0 Å². The number of rotatable bonds is 1. The Labute approximate surface area is 94.5 Å². The van der Waals surface area contributed by atoms with Crippen LogP contribution >= 0.6 is 0 Å². The molecule has 2 rings (SSSR count). The van der Waals surface area contributed by atoms with E-state index in [1.54, 1.807) is 4.90 Å². The van der Waals surface area contributed by atoms with Crippen LogP contribution in [0, 0.1) is 0 Å². The van der Waals surface area contributed by atoms with E-state index in [9.17, 15) is 4.79 Å². The average molecular weight is 220 g/mol. The molecule has 1 amide bonds. The molecule has 0 aromatic carbocycles. The quantitative estimate of drug-likeness (QED) is 0.716. The summed E-state index contributed by atoms with van der Waals surface area (Å²) >= 11 is 0. The van der Waals surface area contributed by atoms with E-state index in [0.29, 0.717) is 12.4 Å². The van der Waals surface area contributed by atoms with Gasteiger partial charge in [0.2, 0.25) is 5.91 Å². The van der Waals surface area contributed by atoms with Crippen LogP contribution < -0.4 is 5.73 Å². The van der Waals surface area contributed by atoms with Crippen molar-refractivity contribution >= 4 is 11.7 Å². The molecule has 16 heavy (non-hydrogen) atoms. The molecule has 1 aliphatic heterocycles. The Bertz CT molecular complexity index is 437. The van der Waals surface area contributed by atoms with E-state index >= 15 is 0 Å². The molecule has 0 aliphatic carbocycles. The topological polar surface area (TPSA) is 64.2 Å². The number of nitrogens with two attached hydrogens (primary N) is 1. The second kappa shape index (κ2) is 3.66. The van der Waals surface area contributed by atoms with Gasteiger partial charge in [-0.3, -0.25) is 9.48 Å². The van der Waals surface area contributed by atoms with Gasteiger partial charge >= 0.3 is 0 Å². The van der Waals surface area contributed by atoms with Crippen molar-refractivity contribution in [1.82, 2.24) is 14.7 Å². The van der Waals surface area contributed by atoms with Crippen molar-refractivity contribution < 1.29 is 4.79 Å². The molecule has 2 atom stereocenters. The van der Waals surface area contributed by atoms with Gasteiger partial charge in [-0.15, -0.1) is 0 Å². The summed E-state index contributed by atoms with van der Waals surface area (Å²) in [5.41, 5.74) is 6.64. The monoisotopic (exact) mass is 220 g/mol. The highest BCUT2D eigenvalue weighted by Crippen LogP contribution is 2.27. The molecule has 1 aliphatic rings. The summed E-state index contributed by atoms with van der Waals surface area (Å²) < 4.78 is 1.90. The van der Waals surface area contributed by atoms with Crippen LogP contribution in [0.15, 0.2) is 18.7 Å². The van der Waals surface area contributed by atoms with Crippen molar-refractivity contribution in [3.8, 4) is 0 Å². The summed E-state index contributed by atoms with van der Waals surface area (Å²) in [5.74, 6) is 0.451. The number of carbonyl (C=O) groups excluding carboxylic acids is 1. The lowest BCUT2D eigenvalue weighted by molar-refractivity contribution is -0.130. The first kappa shape index (κ1) is 10.7. The lowest BCUT2D eigenvalue weighted by Gasteiger charge is -2.37. The van der Waals surface area contributed by atoms with Gasteiger partial charge in [0.15, 0.2) is 0 Å². The van der Waals surface area contributed by atoms with Crippen LogP contribution in [-0.2, 0) is 11.3 Å². The number of anilines is 1. The zero-order valence-electron chi connectivity index (χ0n) is 9.55. The standard InChI is InChI=1S/C11H16N4O/c1-4-11(16)14-6-9-5-10(12)13-15(9)8(3)7(14)2/h4-5,7-8H,1,6H2,2-3H3,(H2,12,13). The zero-order chi connectivity index (χ0) is 11.9. The third-order valence-corrected chi connectivity index (χ3v) is 3.20. The van der Waals surface area contributed by atoms with E-state index in [1.165, 1.54) is 6.08 Å².